The molecule has 1 heterocycles. The lowest BCUT2D eigenvalue weighted by Gasteiger charge is -2.11. The predicted octanol–water partition coefficient (Wildman–Crippen LogP) is 2.57. The van der Waals surface area contributed by atoms with Crippen LogP contribution in [-0.2, 0) is 6.18 Å². The lowest BCUT2D eigenvalue weighted by molar-refractivity contribution is -0.136. The average Bonchev–Trinajstić information content (AvgIpc) is 2.26. The van der Waals surface area contributed by atoms with E-state index in [4.69, 9.17) is 5.73 Å². The minimum atomic E-state index is -4.55. The van der Waals surface area contributed by atoms with Gasteiger partial charge in [0.25, 0.3) is 5.56 Å². The molecule has 0 aliphatic heterocycles. The van der Waals surface area contributed by atoms with E-state index in [1.165, 1.54) is 18.2 Å². The van der Waals surface area contributed by atoms with Gasteiger partial charge < -0.3 is 10.7 Å². The molecule has 0 aliphatic carbocycles. The molecule has 1 aromatic carbocycles. The van der Waals surface area contributed by atoms with Crippen LogP contribution in [0.3, 0.4) is 0 Å². The van der Waals surface area contributed by atoms with Gasteiger partial charge in [-0.25, -0.2) is 0 Å². The Hall–Kier alpha value is -1.82. The summed E-state index contributed by atoms with van der Waals surface area (Å²) >= 11 is 0. The third kappa shape index (κ3) is 2.11. The number of aromatic nitrogens is 1. The SMILES string of the molecule is C[C@H](N)c1cc2cccc(C(F)(F)F)c2c(=O)[nH]1. The van der Waals surface area contributed by atoms with Crippen molar-refractivity contribution in [1.82, 2.24) is 4.98 Å². The van der Waals surface area contributed by atoms with Crippen LogP contribution in [0, 0.1) is 0 Å². The van der Waals surface area contributed by atoms with Crippen LogP contribution in [0.2, 0.25) is 0 Å². The Morgan fingerprint density at radius 1 is 1.33 bits per heavy atom. The quantitative estimate of drug-likeness (QED) is 0.823. The number of nitrogens with one attached hydrogen (secondary N) is 1. The number of pyridine rings is 1. The van der Waals surface area contributed by atoms with Crippen molar-refractivity contribution in [3.8, 4) is 0 Å². The average molecular weight is 256 g/mol. The zero-order valence-electron chi connectivity index (χ0n) is 9.51. The standard InChI is InChI=1S/C12H11F3N2O/c1-6(16)9-5-7-3-2-4-8(12(13,14)15)10(7)11(18)17-9/h2-6H,16H2,1H3,(H,17,18)/t6-/m0/s1. The Morgan fingerprint density at radius 3 is 2.56 bits per heavy atom. The van der Waals surface area contributed by atoms with Gasteiger partial charge in [0.15, 0.2) is 0 Å². The molecule has 3 nitrogen and oxygen atoms in total. The van der Waals surface area contributed by atoms with Crippen molar-refractivity contribution < 1.29 is 13.2 Å². The molecule has 0 bridgehead atoms. The normalized spacial score (nSPS) is 13.8. The number of aromatic amines is 1. The Bertz CT molecular complexity index is 644. The Balaban J connectivity index is 2.84. The van der Waals surface area contributed by atoms with Crippen LogP contribution in [0.1, 0.15) is 24.2 Å². The number of nitrogens with two attached hydrogens (primary N) is 1. The largest absolute Gasteiger partial charge is 0.417 e. The summed E-state index contributed by atoms with van der Waals surface area (Å²) in [6.07, 6.45) is -4.55. The first-order valence-corrected chi connectivity index (χ1v) is 5.29. The molecule has 1 aromatic heterocycles. The first-order valence-electron chi connectivity index (χ1n) is 5.29. The van der Waals surface area contributed by atoms with Crippen LogP contribution >= 0.6 is 0 Å². The Kier molecular flexibility index (Phi) is 2.90. The highest BCUT2D eigenvalue weighted by atomic mass is 19.4. The van der Waals surface area contributed by atoms with Crippen LogP contribution < -0.4 is 11.3 Å². The molecule has 0 fully saturated rings. The summed E-state index contributed by atoms with van der Waals surface area (Å²) < 4.78 is 38.3. The summed E-state index contributed by atoms with van der Waals surface area (Å²) in [5.74, 6) is 0. The van der Waals surface area contributed by atoms with Crippen molar-refractivity contribution in [2.45, 2.75) is 19.1 Å². The lowest BCUT2D eigenvalue weighted by Crippen LogP contribution is -2.18. The summed E-state index contributed by atoms with van der Waals surface area (Å²) in [4.78, 5) is 14.1. The molecule has 2 aromatic rings. The van der Waals surface area contributed by atoms with Gasteiger partial charge in [0.2, 0.25) is 0 Å². The second-order valence-corrected chi connectivity index (χ2v) is 4.11. The molecule has 0 aliphatic rings. The number of benzene rings is 1. The molecule has 3 N–H and O–H groups in total. The number of fused-ring (bicyclic) bond motifs is 1. The molecular formula is C12H11F3N2O. The summed E-state index contributed by atoms with van der Waals surface area (Å²) in [5.41, 5.74) is 4.31. The van der Waals surface area contributed by atoms with E-state index in [0.29, 0.717) is 5.69 Å². The van der Waals surface area contributed by atoms with Crippen molar-refractivity contribution in [3.63, 3.8) is 0 Å². The molecule has 0 saturated heterocycles. The molecule has 0 spiro atoms. The van der Waals surface area contributed by atoms with Gasteiger partial charge in [0, 0.05) is 11.7 Å². The molecule has 0 amide bonds. The van der Waals surface area contributed by atoms with Crippen molar-refractivity contribution in [2.24, 2.45) is 5.73 Å². The summed E-state index contributed by atoms with van der Waals surface area (Å²) in [6.45, 7) is 1.64. The van der Waals surface area contributed by atoms with Crippen LogP contribution in [0.15, 0.2) is 29.1 Å². The second kappa shape index (κ2) is 4.13. The maximum Gasteiger partial charge on any atom is 0.417 e. The highest BCUT2D eigenvalue weighted by molar-refractivity contribution is 5.85. The maximum atomic E-state index is 12.8. The molecule has 2 rings (SSSR count). The fourth-order valence-corrected chi connectivity index (χ4v) is 1.82. The molecular weight excluding hydrogens is 245 g/mol. The van der Waals surface area contributed by atoms with E-state index in [9.17, 15) is 18.0 Å². The summed E-state index contributed by atoms with van der Waals surface area (Å²) in [5, 5.41) is -0.115. The fraction of sp³-hybridized carbons (Fsp3) is 0.250. The number of hydrogen-bond donors (Lipinski definition) is 2. The van der Waals surface area contributed by atoms with Gasteiger partial charge in [-0.05, 0) is 24.4 Å². The summed E-state index contributed by atoms with van der Waals surface area (Å²) in [7, 11) is 0. The summed E-state index contributed by atoms with van der Waals surface area (Å²) in [6, 6.07) is 4.65. The highest BCUT2D eigenvalue weighted by Gasteiger charge is 2.33. The van der Waals surface area contributed by atoms with E-state index >= 15 is 0 Å². The van der Waals surface area contributed by atoms with E-state index in [1.54, 1.807) is 6.92 Å². The fourth-order valence-electron chi connectivity index (χ4n) is 1.82. The Morgan fingerprint density at radius 2 is 2.00 bits per heavy atom. The smallest absolute Gasteiger partial charge is 0.324 e. The van der Waals surface area contributed by atoms with Gasteiger partial charge in [-0.1, -0.05) is 12.1 Å². The minimum Gasteiger partial charge on any atom is -0.324 e. The number of H-pyrrole nitrogens is 1. The number of halogens is 3. The van der Waals surface area contributed by atoms with Crippen LogP contribution in [0.4, 0.5) is 13.2 Å². The number of hydrogen-bond acceptors (Lipinski definition) is 2. The number of alkyl halides is 3. The van der Waals surface area contributed by atoms with Crippen molar-refractivity contribution >= 4 is 10.8 Å². The predicted molar refractivity (Wildman–Crippen MR) is 62.2 cm³/mol. The first-order chi connectivity index (χ1) is 8.30. The van der Waals surface area contributed by atoms with E-state index < -0.39 is 23.3 Å². The van der Waals surface area contributed by atoms with Gasteiger partial charge in [-0.3, -0.25) is 4.79 Å². The zero-order valence-corrected chi connectivity index (χ0v) is 9.51. The molecule has 96 valence electrons. The van der Waals surface area contributed by atoms with Crippen molar-refractivity contribution in [1.29, 1.82) is 0 Å². The molecule has 18 heavy (non-hydrogen) atoms. The van der Waals surface area contributed by atoms with E-state index in [2.05, 4.69) is 4.98 Å². The van der Waals surface area contributed by atoms with Crippen molar-refractivity contribution in [3.05, 3.63) is 45.9 Å². The van der Waals surface area contributed by atoms with Gasteiger partial charge in [0.05, 0.1) is 10.9 Å². The number of rotatable bonds is 1. The Labute approximate surface area is 100 Å². The molecule has 6 heteroatoms. The molecule has 0 radical (unpaired) electrons. The van der Waals surface area contributed by atoms with E-state index in [0.717, 1.165) is 6.07 Å². The first kappa shape index (κ1) is 12.6. The van der Waals surface area contributed by atoms with E-state index in [1.807, 2.05) is 0 Å². The molecule has 1 atom stereocenters. The van der Waals surface area contributed by atoms with Gasteiger partial charge >= 0.3 is 6.18 Å². The van der Waals surface area contributed by atoms with Gasteiger partial charge in [-0.15, -0.1) is 0 Å². The van der Waals surface area contributed by atoms with Gasteiger partial charge in [-0.2, -0.15) is 13.2 Å². The van der Waals surface area contributed by atoms with Crippen molar-refractivity contribution in [2.75, 3.05) is 0 Å². The monoisotopic (exact) mass is 256 g/mol. The lowest BCUT2D eigenvalue weighted by atomic mass is 10.0. The van der Waals surface area contributed by atoms with Crippen LogP contribution in [-0.4, -0.2) is 4.98 Å². The second-order valence-electron chi connectivity index (χ2n) is 4.11. The molecule has 0 saturated carbocycles. The minimum absolute atomic E-state index is 0.237. The van der Waals surface area contributed by atoms with Gasteiger partial charge in [0.1, 0.15) is 0 Å². The topological polar surface area (TPSA) is 58.9 Å². The zero-order chi connectivity index (χ0) is 13.5. The van der Waals surface area contributed by atoms with Crippen LogP contribution in [0.5, 0.6) is 0 Å². The maximum absolute atomic E-state index is 12.8. The third-order valence-corrected chi connectivity index (χ3v) is 2.69. The molecule has 0 unspecified atom stereocenters. The highest BCUT2D eigenvalue weighted by Crippen LogP contribution is 2.33. The van der Waals surface area contributed by atoms with Crippen LogP contribution in [0.25, 0.3) is 10.8 Å². The third-order valence-electron chi connectivity index (χ3n) is 2.69. The van der Waals surface area contributed by atoms with E-state index in [-0.39, 0.29) is 10.8 Å².